The van der Waals surface area contributed by atoms with Crippen LogP contribution in [0.1, 0.15) is 24.6 Å². The van der Waals surface area contributed by atoms with Gasteiger partial charge in [-0.1, -0.05) is 5.21 Å². The molecule has 0 spiro atoms. The van der Waals surface area contributed by atoms with E-state index in [9.17, 15) is 13.2 Å². The predicted molar refractivity (Wildman–Crippen MR) is 50.5 cm³/mol. The van der Waals surface area contributed by atoms with E-state index in [1.807, 2.05) is 0 Å². The number of nitrogens with one attached hydrogen (secondary N) is 1. The molecule has 1 aliphatic rings. The maximum atomic E-state index is 12.6. The Kier molecular flexibility index (Phi) is 2.88. The van der Waals surface area contributed by atoms with Crippen LogP contribution in [0.2, 0.25) is 0 Å². The molecule has 0 saturated carbocycles. The quantitative estimate of drug-likeness (QED) is 0.799. The van der Waals surface area contributed by atoms with Gasteiger partial charge in [-0.2, -0.15) is 13.2 Å². The molecule has 90 valence electrons. The Labute approximate surface area is 90.8 Å². The number of rotatable bonds is 1. The number of piperidine rings is 1. The number of aromatic nitrogens is 3. The molecule has 4 nitrogen and oxygen atoms in total. The van der Waals surface area contributed by atoms with Crippen molar-refractivity contribution in [3.05, 3.63) is 11.9 Å². The molecule has 0 bridgehead atoms. The topological polar surface area (TPSA) is 42.7 Å². The average molecular weight is 234 g/mol. The fourth-order valence-electron chi connectivity index (χ4n) is 2.05. The van der Waals surface area contributed by atoms with Crippen molar-refractivity contribution in [2.45, 2.75) is 25.1 Å². The second kappa shape index (κ2) is 4.04. The zero-order valence-electron chi connectivity index (χ0n) is 8.83. The van der Waals surface area contributed by atoms with Gasteiger partial charge in [-0.25, -0.2) is 0 Å². The lowest BCUT2D eigenvalue weighted by atomic mass is 9.90. The molecule has 0 radical (unpaired) electrons. The van der Waals surface area contributed by atoms with Crippen molar-refractivity contribution in [3.63, 3.8) is 0 Å². The Bertz CT molecular complexity index is 360. The van der Waals surface area contributed by atoms with Gasteiger partial charge >= 0.3 is 6.18 Å². The van der Waals surface area contributed by atoms with Gasteiger partial charge in [-0.05, 0) is 19.4 Å². The molecular formula is C9H13F3N4. The SMILES string of the molecule is Cn1nncc1C1CC(C(F)(F)F)CCN1. The zero-order valence-corrected chi connectivity index (χ0v) is 8.83. The third-order valence-electron chi connectivity index (χ3n) is 2.97. The lowest BCUT2D eigenvalue weighted by Gasteiger charge is -2.31. The minimum atomic E-state index is -4.10. The summed E-state index contributed by atoms with van der Waals surface area (Å²) < 4.78 is 39.3. The van der Waals surface area contributed by atoms with Crippen LogP contribution in [0.3, 0.4) is 0 Å². The summed E-state index contributed by atoms with van der Waals surface area (Å²) in [6.07, 6.45) is -2.39. The van der Waals surface area contributed by atoms with Crippen molar-refractivity contribution in [2.24, 2.45) is 13.0 Å². The lowest BCUT2D eigenvalue weighted by Crippen LogP contribution is -2.38. The van der Waals surface area contributed by atoms with Crippen molar-refractivity contribution >= 4 is 0 Å². The molecule has 1 fully saturated rings. The molecule has 2 atom stereocenters. The van der Waals surface area contributed by atoms with Crippen LogP contribution in [0.4, 0.5) is 13.2 Å². The van der Waals surface area contributed by atoms with E-state index in [1.165, 1.54) is 10.9 Å². The minimum absolute atomic E-state index is 0.0602. The first kappa shape index (κ1) is 11.4. The van der Waals surface area contributed by atoms with Gasteiger partial charge in [0, 0.05) is 7.05 Å². The highest BCUT2D eigenvalue weighted by Gasteiger charge is 2.42. The Morgan fingerprint density at radius 3 is 2.81 bits per heavy atom. The fraction of sp³-hybridized carbons (Fsp3) is 0.778. The molecular weight excluding hydrogens is 221 g/mol. The second-order valence-electron chi connectivity index (χ2n) is 4.05. The van der Waals surface area contributed by atoms with Crippen LogP contribution in [-0.4, -0.2) is 27.7 Å². The molecule has 1 aromatic rings. The van der Waals surface area contributed by atoms with Crippen LogP contribution in [0.15, 0.2) is 6.20 Å². The first-order valence-corrected chi connectivity index (χ1v) is 5.13. The summed E-state index contributed by atoms with van der Waals surface area (Å²) in [5.74, 6) is -1.23. The van der Waals surface area contributed by atoms with Crippen LogP contribution >= 0.6 is 0 Å². The Morgan fingerprint density at radius 2 is 2.25 bits per heavy atom. The van der Waals surface area contributed by atoms with Gasteiger partial charge in [0.05, 0.1) is 23.9 Å². The van der Waals surface area contributed by atoms with E-state index in [0.29, 0.717) is 12.2 Å². The predicted octanol–water partition coefficient (Wildman–Crippen LogP) is 1.42. The van der Waals surface area contributed by atoms with Gasteiger partial charge in [-0.15, -0.1) is 5.10 Å². The molecule has 0 amide bonds. The van der Waals surface area contributed by atoms with Crippen LogP contribution in [0.5, 0.6) is 0 Å². The van der Waals surface area contributed by atoms with E-state index in [-0.39, 0.29) is 18.9 Å². The molecule has 1 aromatic heterocycles. The third kappa shape index (κ3) is 2.18. The third-order valence-corrected chi connectivity index (χ3v) is 2.97. The van der Waals surface area contributed by atoms with Gasteiger partial charge in [0.25, 0.3) is 0 Å². The molecule has 1 saturated heterocycles. The number of halogens is 3. The fourth-order valence-corrected chi connectivity index (χ4v) is 2.05. The minimum Gasteiger partial charge on any atom is -0.309 e. The zero-order chi connectivity index (χ0) is 11.8. The monoisotopic (exact) mass is 234 g/mol. The molecule has 2 unspecified atom stereocenters. The highest BCUT2D eigenvalue weighted by atomic mass is 19.4. The number of hydrogen-bond acceptors (Lipinski definition) is 3. The molecule has 0 aliphatic carbocycles. The number of aryl methyl sites for hydroxylation is 1. The Hall–Kier alpha value is -1.11. The number of nitrogens with zero attached hydrogens (tertiary/aromatic N) is 3. The summed E-state index contributed by atoms with van der Waals surface area (Å²) in [6.45, 7) is 0.375. The Balaban J connectivity index is 2.11. The molecule has 2 rings (SSSR count). The highest BCUT2D eigenvalue weighted by molar-refractivity contribution is 5.04. The van der Waals surface area contributed by atoms with E-state index in [4.69, 9.17) is 0 Å². The van der Waals surface area contributed by atoms with E-state index in [2.05, 4.69) is 15.6 Å². The Morgan fingerprint density at radius 1 is 1.50 bits per heavy atom. The van der Waals surface area contributed by atoms with E-state index < -0.39 is 12.1 Å². The van der Waals surface area contributed by atoms with Crippen molar-refractivity contribution in [1.29, 1.82) is 0 Å². The van der Waals surface area contributed by atoms with Crippen molar-refractivity contribution in [3.8, 4) is 0 Å². The summed E-state index contributed by atoms with van der Waals surface area (Å²) in [4.78, 5) is 0. The van der Waals surface area contributed by atoms with Crippen molar-refractivity contribution in [1.82, 2.24) is 20.3 Å². The largest absolute Gasteiger partial charge is 0.391 e. The highest BCUT2D eigenvalue weighted by Crippen LogP contribution is 2.37. The summed E-state index contributed by atoms with van der Waals surface area (Å²) in [5.41, 5.74) is 0.703. The van der Waals surface area contributed by atoms with E-state index in [1.54, 1.807) is 7.05 Å². The van der Waals surface area contributed by atoms with Gasteiger partial charge in [0.15, 0.2) is 0 Å². The van der Waals surface area contributed by atoms with Gasteiger partial charge in [-0.3, -0.25) is 4.68 Å². The van der Waals surface area contributed by atoms with Crippen molar-refractivity contribution in [2.75, 3.05) is 6.54 Å². The summed E-state index contributed by atoms with van der Waals surface area (Å²) in [5, 5.41) is 10.5. The standard InChI is InChI=1S/C9H13F3N4/c1-16-8(5-14-15-16)7-4-6(2-3-13-7)9(10,11)12/h5-7,13H,2-4H2,1H3. The van der Waals surface area contributed by atoms with E-state index >= 15 is 0 Å². The summed E-state index contributed by atoms with van der Waals surface area (Å²) in [6, 6.07) is -0.305. The van der Waals surface area contributed by atoms with Gasteiger partial charge in [0.2, 0.25) is 0 Å². The van der Waals surface area contributed by atoms with E-state index in [0.717, 1.165) is 0 Å². The first-order valence-electron chi connectivity index (χ1n) is 5.13. The van der Waals surface area contributed by atoms with Crippen LogP contribution in [-0.2, 0) is 7.05 Å². The molecule has 7 heteroatoms. The molecule has 1 N–H and O–H groups in total. The maximum Gasteiger partial charge on any atom is 0.391 e. The van der Waals surface area contributed by atoms with Crippen LogP contribution in [0.25, 0.3) is 0 Å². The van der Waals surface area contributed by atoms with Gasteiger partial charge < -0.3 is 5.32 Å². The molecule has 0 aromatic carbocycles. The van der Waals surface area contributed by atoms with Crippen LogP contribution in [0, 0.1) is 5.92 Å². The smallest absolute Gasteiger partial charge is 0.309 e. The van der Waals surface area contributed by atoms with Crippen molar-refractivity contribution < 1.29 is 13.2 Å². The summed E-state index contributed by atoms with van der Waals surface area (Å²) in [7, 11) is 1.68. The molecule has 16 heavy (non-hydrogen) atoms. The maximum absolute atomic E-state index is 12.6. The number of hydrogen-bond donors (Lipinski definition) is 1. The van der Waals surface area contributed by atoms with Gasteiger partial charge in [0.1, 0.15) is 0 Å². The normalized spacial score (nSPS) is 27.0. The summed E-state index contributed by atoms with van der Waals surface area (Å²) >= 11 is 0. The first-order chi connectivity index (χ1) is 7.48. The lowest BCUT2D eigenvalue weighted by molar-refractivity contribution is -0.183. The second-order valence-corrected chi connectivity index (χ2v) is 4.05. The van der Waals surface area contributed by atoms with Crippen LogP contribution < -0.4 is 5.32 Å². The molecule has 1 aliphatic heterocycles. The number of alkyl halides is 3. The molecule has 2 heterocycles. The average Bonchev–Trinajstić information content (AvgIpc) is 2.63.